The van der Waals surface area contributed by atoms with E-state index in [2.05, 4.69) is 26.6 Å². The van der Waals surface area contributed by atoms with Gasteiger partial charge < -0.3 is 20.5 Å². The van der Waals surface area contributed by atoms with Crippen molar-refractivity contribution in [3.05, 3.63) is 22.7 Å². The number of nitrogens with one attached hydrogen (secondary N) is 2. The maximum Gasteiger partial charge on any atom is 0.405 e. The molecule has 1 unspecified atom stereocenters. The lowest BCUT2D eigenvalue weighted by Crippen LogP contribution is -2.44. The van der Waals surface area contributed by atoms with Gasteiger partial charge in [-0.3, -0.25) is 4.79 Å². The van der Waals surface area contributed by atoms with Crippen LogP contribution in [-0.4, -0.2) is 30.3 Å². The van der Waals surface area contributed by atoms with E-state index in [0.29, 0.717) is 17.9 Å². The first kappa shape index (κ1) is 17.3. The van der Waals surface area contributed by atoms with E-state index in [-0.39, 0.29) is 5.92 Å². The first-order valence-electron chi connectivity index (χ1n) is 6.47. The third-order valence-corrected chi connectivity index (χ3v) is 3.40. The number of hydrogen-bond acceptors (Lipinski definition) is 3. The molecule has 0 aliphatic carbocycles. The predicted octanol–water partition coefficient (Wildman–Crippen LogP) is 3.08. The predicted molar refractivity (Wildman–Crippen MR) is 83.7 cm³/mol. The fourth-order valence-electron chi connectivity index (χ4n) is 1.82. The number of rotatable bonds is 6. The minimum absolute atomic E-state index is 0.187. The van der Waals surface area contributed by atoms with Crippen LogP contribution in [0.3, 0.4) is 0 Å². The van der Waals surface area contributed by atoms with Gasteiger partial charge >= 0.3 is 6.09 Å². The number of carbonyl (C=O) groups is 2. The van der Waals surface area contributed by atoms with Crippen LogP contribution in [0.25, 0.3) is 0 Å². The van der Waals surface area contributed by atoms with Crippen LogP contribution in [0.15, 0.2) is 22.7 Å². The number of ether oxygens (including phenoxy) is 1. The van der Waals surface area contributed by atoms with Gasteiger partial charge in [0.05, 0.1) is 11.6 Å². The Hall–Kier alpha value is -1.76. The zero-order valence-corrected chi connectivity index (χ0v) is 13.7. The van der Waals surface area contributed by atoms with Gasteiger partial charge in [-0.1, -0.05) is 13.8 Å². The molecule has 0 aliphatic rings. The van der Waals surface area contributed by atoms with E-state index in [1.807, 2.05) is 13.8 Å². The van der Waals surface area contributed by atoms with Crippen molar-refractivity contribution >= 4 is 33.6 Å². The molecule has 7 heteroatoms. The molecule has 116 valence electrons. The Labute approximate surface area is 132 Å². The third-order valence-electron chi connectivity index (χ3n) is 2.74. The first-order valence-corrected chi connectivity index (χ1v) is 7.26. The summed E-state index contributed by atoms with van der Waals surface area (Å²) in [6.45, 7) is 3.85. The number of hydrogen-bond donors (Lipinski definition) is 3. The Kier molecular flexibility index (Phi) is 6.48. The van der Waals surface area contributed by atoms with E-state index in [1.54, 1.807) is 18.2 Å². The lowest BCUT2D eigenvalue weighted by Gasteiger charge is -2.18. The first-order chi connectivity index (χ1) is 9.83. The Bertz CT molecular complexity index is 520. The van der Waals surface area contributed by atoms with E-state index in [0.717, 1.165) is 4.47 Å². The molecule has 0 fully saturated rings. The minimum atomic E-state index is -1.22. The van der Waals surface area contributed by atoms with Crippen molar-refractivity contribution in [3.8, 4) is 5.75 Å². The SMILES string of the molecule is COc1cc(NC(=O)C(CC(C)C)NC(=O)O)ccc1Br. The summed E-state index contributed by atoms with van der Waals surface area (Å²) in [7, 11) is 1.53. The maximum atomic E-state index is 12.2. The number of anilines is 1. The second kappa shape index (κ2) is 7.87. The van der Waals surface area contributed by atoms with E-state index >= 15 is 0 Å². The summed E-state index contributed by atoms with van der Waals surface area (Å²) in [5.74, 6) is 0.377. The highest BCUT2D eigenvalue weighted by Gasteiger charge is 2.22. The lowest BCUT2D eigenvalue weighted by molar-refractivity contribution is -0.118. The van der Waals surface area contributed by atoms with Crippen molar-refractivity contribution in [2.45, 2.75) is 26.3 Å². The average Bonchev–Trinajstić information content (AvgIpc) is 2.39. The number of methoxy groups -OCH3 is 1. The van der Waals surface area contributed by atoms with Crippen LogP contribution in [0, 0.1) is 5.92 Å². The summed E-state index contributed by atoms with van der Waals surface area (Å²) in [5, 5.41) is 13.7. The van der Waals surface area contributed by atoms with Gasteiger partial charge in [0, 0.05) is 11.8 Å². The zero-order valence-electron chi connectivity index (χ0n) is 12.1. The third kappa shape index (κ3) is 5.63. The van der Waals surface area contributed by atoms with Gasteiger partial charge in [0.15, 0.2) is 0 Å². The van der Waals surface area contributed by atoms with Gasteiger partial charge in [-0.05, 0) is 40.4 Å². The summed E-state index contributed by atoms with van der Waals surface area (Å²) in [5.41, 5.74) is 0.543. The maximum absolute atomic E-state index is 12.2. The monoisotopic (exact) mass is 358 g/mol. The zero-order chi connectivity index (χ0) is 16.0. The molecule has 0 aliphatic heterocycles. The molecule has 0 heterocycles. The molecule has 0 radical (unpaired) electrons. The Balaban J connectivity index is 2.82. The Morgan fingerprint density at radius 3 is 2.57 bits per heavy atom. The van der Waals surface area contributed by atoms with E-state index in [1.165, 1.54) is 7.11 Å². The van der Waals surface area contributed by atoms with Crippen LogP contribution < -0.4 is 15.4 Å². The molecule has 0 bridgehead atoms. The molecule has 0 aromatic heterocycles. The minimum Gasteiger partial charge on any atom is -0.495 e. The van der Waals surface area contributed by atoms with Crippen molar-refractivity contribution in [1.29, 1.82) is 0 Å². The fourth-order valence-corrected chi connectivity index (χ4v) is 2.23. The lowest BCUT2D eigenvalue weighted by atomic mass is 10.0. The molecule has 0 saturated heterocycles. The number of carbonyl (C=O) groups excluding carboxylic acids is 1. The molecule has 0 saturated carbocycles. The van der Waals surface area contributed by atoms with Crippen LogP contribution in [0.5, 0.6) is 5.75 Å². The topological polar surface area (TPSA) is 87.7 Å². The summed E-state index contributed by atoms with van der Waals surface area (Å²) < 4.78 is 5.92. The summed E-state index contributed by atoms with van der Waals surface area (Å²) in [6.07, 6.45) is -0.796. The van der Waals surface area contributed by atoms with Crippen LogP contribution in [0.4, 0.5) is 10.5 Å². The number of benzene rings is 1. The molecule has 1 aromatic rings. The molecule has 3 N–H and O–H groups in total. The highest BCUT2D eigenvalue weighted by molar-refractivity contribution is 9.10. The van der Waals surface area contributed by atoms with Gasteiger partial charge in [0.1, 0.15) is 11.8 Å². The number of carboxylic acid groups (broad SMARTS) is 1. The highest BCUT2D eigenvalue weighted by atomic mass is 79.9. The van der Waals surface area contributed by atoms with Gasteiger partial charge in [-0.25, -0.2) is 4.79 Å². The molecule has 21 heavy (non-hydrogen) atoms. The molecule has 2 amide bonds. The second-order valence-corrected chi connectivity index (χ2v) is 5.82. The summed E-state index contributed by atoms with van der Waals surface area (Å²) in [4.78, 5) is 23.0. The highest BCUT2D eigenvalue weighted by Crippen LogP contribution is 2.28. The van der Waals surface area contributed by atoms with Gasteiger partial charge in [-0.2, -0.15) is 0 Å². The van der Waals surface area contributed by atoms with Crippen molar-refractivity contribution < 1.29 is 19.4 Å². The fraction of sp³-hybridized carbons (Fsp3) is 0.429. The van der Waals surface area contributed by atoms with Crippen molar-refractivity contribution in [2.24, 2.45) is 5.92 Å². The second-order valence-electron chi connectivity index (χ2n) is 4.97. The van der Waals surface area contributed by atoms with E-state index < -0.39 is 18.0 Å². The van der Waals surface area contributed by atoms with Crippen LogP contribution in [-0.2, 0) is 4.79 Å². The largest absolute Gasteiger partial charge is 0.495 e. The van der Waals surface area contributed by atoms with Gasteiger partial charge in [-0.15, -0.1) is 0 Å². The van der Waals surface area contributed by atoms with Crippen LogP contribution in [0.1, 0.15) is 20.3 Å². The smallest absolute Gasteiger partial charge is 0.405 e. The molecule has 6 nitrogen and oxygen atoms in total. The molecule has 0 spiro atoms. The van der Waals surface area contributed by atoms with Crippen LogP contribution in [0.2, 0.25) is 0 Å². The molecular formula is C14H19BrN2O4. The van der Waals surface area contributed by atoms with Crippen molar-refractivity contribution in [3.63, 3.8) is 0 Å². The molecule has 1 rings (SSSR count). The number of halogens is 1. The Morgan fingerprint density at radius 1 is 1.38 bits per heavy atom. The van der Waals surface area contributed by atoms with E-state index in [9.17, 15) is 9.59 Å². The standard InChI is InChI=1S/C14H19BrN2O4/c1-8(2)6-11(17-14(19)20)13(18)16-9-4-5-10(15)12(7-9)21-3/h4-5,7-8,11,17H,6H2,1-3H3,(H,16,18)(H,19,20). The van der Waals surface area contributed by atoms with Crippen LogP contribution >= 0.6 is 15.9 Å². The summed E-state index contributed by atoms with van der Waals surface area (Å²) in [6, 6.07) is 4.32. The Morgan fingerprint density at radius 2 is 2.05 bits per heavy atom. The quantitative estimate of drug-likeness (QED) is 0.728. The van der Waals surface area contributed by atoms with E-state index in [4.69, 9.17) is 9.84 Å². The summed E-state index contributed by atoms with van der Waals surface area (Å²) >= 11 is 3.32. The van der Waals surface area contributed by atoms with Gasteiger partial charge in [0.25, 0.3) is 0 Å². The van der Waals surface area contributed by atoms with Crippen molar-refractivity contribution in [1.82, 2.24) is 5.32 Å². The average molecular weight is 359 g/mol. The molecular weight excluding hydrogens is 340 g/mol. The normalized spacial score (nSPS) is 11.9. The molecule has 1 atom stereocenters. The van der Waals surface area contributed by atoms with Gasteiger partial charge in [0.2, 0.25) is 5.91 Å². The van der Waals surface area contributed by atoms with Crippen molar-refractivity contribution in [2.75, 3.05) is 12.4 Å². The number of amides is 2. The molecule has 1 aromatic carbocycles.